The summed E-state index contributed by atoms with van der Waals surface area (Å²) in [6, 6.07) is 4.90. The van der Waals surface area contributed by atoms with Gasteiger partial charge in [0.2, 0.25) is 5.91 Å². The van der Waals surface area contributed by atoms with Crippen LogP contribution in [0.25, 0.3) is 10.9 Å². The first-order chi connectivity index (χ1) is 12.0. The van der Waals surface area contributed by atoms with Crippen molar-refractivity contribution in [2.45, 2.75) is 38.6 Å². The average Bonchev–Trinajstić information content (AvgIpc) is 3.24. The Morgan fingerprint density at radius 3 is 2.60 bits per heavy atom. The summed E-state index contributed by atoms with van der Waals surface area (Å²) < 4.78 is 1.72. The fraction of sp³-hybridized carbons (Fsp3) is 0.526. The van der Waals surface area contributed by atoms with Crippen molar-refractivity contribution in [3.8, 4) is 0 Å². The molecule has 1 unspecified atom stereocenters. The van der Waals surface area contributed by atoms with Gasteiger partial charge in [-0.3, -0.25) is 14.3 Å². The number of hydrogen-bond donors (Lipinski definition) is 1. The minimum atomic E-state index is -0.514. The average molecular weight is 340 g/mol. The number of nitrogens with one attached hydrogen (secondary N) is 1. The van der Waals surface area contributed by atoms with Crippen LogP contribution in [0, 0.1) is 5.41 Å². The third-order valence-electron chi connectivity index (χ3n) is 5.69. The highest BCUT2D eigenvalue weighted by atomic mass is 16.2. The smallest absolute Gasteiger partial charge is 0.251 e. The van der Waals surface area contributed by atoms with E-state index in [4.69, 9.17) is 0 Å². The fourth-order valence-electron chi connectivity index (χ4n) is 3.77. The summed E-state index contributed by atoms with van der Waals surface area (Å²) in [5.41, 5.74) is 1.85. The van der Waals surface area contributed by atoms with Crippen LogP contribution in [0.3, 0.4) is 0 Å². The molecule has 1 N–H and O–H groups in total. The van der Waals surface area contributed by atoms with Gasteiger partial charge in [-0.15, -0.1) is 0 Å². The molecule has 1 aromatic carbocycles. The molecular formula is C19H24N4O2. The standard InChI is InChI=1S/C19H24N4O2/c1-13(18(25)23-9-7-19(5-6-19)8-10-23)20-17(24)14-3-4-15-12-22(2)21-16(15)11-14/h3-4,11-13H,5-10H2,1-2H3,(H,20,24). The second kappa shape index (κ2) is 5.86. The first-order valence-corrected chi connectivity index (χ1v) is 8.99. The summed E-state index contributed by atoms with van der Waals surface area (Å²) in [7, 11) is 1.85. The first kappa shape index (κ1) is 16.1. The highest BCUT2D eigenvalue weighted by Gasteiger charge is 2.45. The molecule has 1 saturated carbocycles. The highest BCUT2D eigenvalue weighted by molar-refractivity contribution is 6.00. The van der Waals surface area contributed by atoms with Crippen LogP contribution in [0.15, 0.2) is 24.4 Å². The van der Waals surface area contributed by atoms with Crippen LogP contribution < -0.4 is 5.32 Å². The van der Waals surface area contributed by atoms with E-state index in [9.17, 15) is 9.59 Å². The minimum absolute atomic E-state index is 0.0164. The molecule has 6 heteroatoms. The SMILES string of the molecule is CC(NC(=O)c1ccc2cn(C)nc2c1)C(=O)N1CCC2(CC1)CC2. The summed E-state index contributed by atoms with van der Waals surface area (Å²) in [5.74, 6) is -0.216. The summed E-state index contributed by atoms with van der Waals surface area (Å²) in [6.45, 7) is 3.40. The van der Waals surface area contributed by atoms with Gasteiger partial charge in [0.25, 0.3) is 5.91 Å². The second-order valence-electron chi connectivity index (χ2n) is 7.60. The van der Waals surface area contributed by atoms with Gasteiger partial charge < -0.3 is 10.2 Å². The van der Waals surface area contributed by atoms with E-state index in [2.05, 4.69) is 10.4 Å². The molecular weight excluding hydrogens is 316 g/mol. The molecule has 1 aliphatic heterocycles. The molecule has 2 aliphatic rings. The summed E-state index contributed by atoms with van der Waals surface area (Å²) >= 11 is 0. The van der Waals surface area contributed by atoms with Crippen molar-refractivity contribution in [1.82, 2.24) is 20.0 Å². The van der Waals surface area contributed by atoms with Crippen LogP contribution in [-0.2, 0) is 11.8 Å². The van der Waals surface area contributed by atoms with Gasteiger partial charge in [0.05, 0.1) is 5.52 Å². The van der Waals surface area contributed by atoms with E-state index in [0.717, 1.165) is 36.8 Å². The van der Waals surface area contributed by atoms with E-state index < -0.39 is 6.04 Å². The number of aromatic nitrogens is 2. The molecule has 1 spiro atoms. The van der Waals surface area contributed by atoms with Crippen molar-refractivity contribution in [3.05, 3.63) is 30.0 Å². The van der Waals surface area contributed by atoms with E-state index in [1.165, 1.54) is 12.8 Å². The number of amides is 2. The third kappa shape index (κ3) is 3.13. The highest BCUT2D eigenvalue weighted by Crippen LogP contribution is 2.53. The van der Waals surface area contributed by atoms with E-state index in [-0.39, 0.29) is 11.8 Å². The lowest BCUT2D eigenvalue weighted by molar-refractivity contribution is -0.134. The van der Waals surface area contributed by atoms with Gasteiger partial charge >= 0.3 is 0 Å². The van der Waals surface area contributed by atoms with Crippen molar-refractivity contribution in [2.24, 2.45) is 12.5 Å². The van der Waals surface area contributed by atoms with Crippen LogP contribution in [0.2, 0.25) is 0 Å². The second-order valence-corrected chi connectivity index (χ2v) is 7.60. The summed E-state index contributed by atoms with van der Waals surface area (Å²) in [5, 5.41) is 8.15. The number of aryl methyl sites for hydroxylation is 1. The van der Waals surface area contributed by atoms with E-state index >= 15 is 0 Å². The number of rotatable bonds is 3. The topological polar surface area (TPSA) is 67.2 Å². The molecule has 2 fully saturated rings. The quantitative estimate of drug-likeness (QED) is 0.930. The summed E-state index contributed by atoms with van der Waals surface area (Å²) in [6.07, 6.45) is 6.76. The zero-order valence-corrected chi connectivity index (χ0v) is 14.8. The van der Waals surface area contributed by atoms with Crippen molar-refractivity contribution in [1.29, 1.82) is 0 Å². The minimum Gasteiger partial charge on any atom is -0.341 e. The Kier molecular flexibility index (Phi) is 3.78. The molecule has 6 nitrogen and oxygen atoms in total. The van der Waals surface area contributed by atoms with Crippen LogP contribution in [0.1, 0.15) is 43.0 Å². The lowest BCUT2D eigenvalue weighted by Gasteiger charge is -2.33. The number of hydrogen-bond acceptors (Lipinski definition) is 3. The molecule has 4 rings (SSSR count). The molecule has 1 aliphatic carbocycles. The normalized spacial score (nSPS) is 19.8. The predicted molar refractivity (Wildman–Crippen MR) is 95.1 cm³/mol. The Morgan fingerprint density at radius 1 is 1.20 bits per heavy atom. The van der Waals surface area contributed by atoms with Crippen molar-refractivity contribution in [2.75, 3.05) is 13.1 Å². The Bertz CT molecular complexity index is 827. The van der Waals surface area contributed by atoms with Gasteiger partial charge in [0.15, 0.2) is 0 Å². The third-order valence-corrected chi connectivity index (χ3v) is 5.69. The molecule has 25 heavy (non-hydrogen) atoms. The molecule has 0 bridgehead atoms. The van der Waals surface area contributed by atoms with Crippen molar-refractivity contribution in [3.63, 3.8) is 0 Å². The number of likely N-dealkylation sites (tertiary alicyclic amines) is 1. The first-order valence-electron chi connectivity index (χ1n) is 8.99. The fourth-order valence-corrected chi connectivity index (χ4v) is 3.77. The lowest BCUT2D eigenvalue weighted by atomic mass is 9.93. The molecule has 1 atom stereocenters. The molecule has 132 valence electrons. The molecule has 1 aromatic heterocycles. The Balaban J connectivity index is 1.39. The molecule has 2 heterocycles. The van der Waals surface area contributed by atoms with E-state index in [0.29, 0.717) is 11.0 Å². The van der Waals surface area contributed by atoms with Gasteiger partial charge in [0, 0.05) is 37.3 Å². The molecule has 0 radical (unpaired) electrons. The zero-order chi connectivity index (χ0) is 17.6. The number of piperidine rings is 1. The van der Waals surface area contributed by atoms with Crippen LogP contribution in [-0.4, -0.2) is 45.6 Å². The molecule has 2 amide bonds. The Labute approximate surface area is 147 Å². The van der Waals surface area contributed by atoms with Crippen LogP contribution in [0.5, 0.6) is 0 Å². The van der Waals surface area contributed by atoms with E-state index in [1.807, 2.05) is 24.2 Å². The monoisotopic (exact) mass is 340 g/mol. The van der Waals surface area contributed by atoms with Crippen LogP contribution >= 0.6 is 0 Å². The maximum Gasteiger partial charge on any atom is 0.251 e. The van der Waals surface area contributed by atoms with Gasteiger partial charge in [-0.1, -0.05) is 6.07 Å². The van der Waals surface area contributed by atoms with Crippen molar-refractivity contribution < 1.29 is 9.59 Å². The number of carbonyl (C=O) groups is 2. The van der Waals surface area contributed by atoms with Gasteiger partial charge in [-0.25, -0.2) is 0 Å². The Morgan fingerprint density at radius 2 is 1.92 bits per heavy atom. The van der Waals surface area contributed by atoms with Gasteiger partial charge in [0.1, 0.15) is 6.04 Å². The lowest BCUT2D eigenvalue weighted by Crippen LogP contribution is -2.49. The van der Waals surface area contributed by atoms with Crippen molar-refractivity contribution >= 4 is 22.7 Å². The number of carbonyl (C=O) groups excluding carboxylic acids is 2. The Hall–Kier alpha value is -2.37. The number of fused-ring (bicyclic) bond motifs is 1. The maximum absolute atomic E-state index is 12.6. The zero-order valence-electron chi connectivity index (χ0n) is 14.8. The summed E-state index contributed by atoms with van der Waals surface area (Å²) in [4.78, 5) is 27.0. The molecule has 1 saturated heterocycles. The molecule has 2 aromatic rings. The van der Waals surface area contributed by atoms with Crippen LogP contribution in [0.4, 0.5) is 0 Å². The van der Waals surface area contributed by atoms with Gasteiger partial charge in [-0.2, -0.15) is 5.10 Å². The largest absolute Gasteiger partial charge is 0.341 e. The predicted octanol–water partition coefficient (Wildman–Crippen LogP) is 2.09. The van der Waals surface area contributed by atoms with E-state index in [1.54, 1.807) is 23.7 Å². The maximum atomic E-state index is 12.6. The number of nitrogens with zero attached hydrogens (tertiary/aromatic N) is 3. The van der Waals surface area contributed by atoms with Gasteiger partial charge in [-0.05, 0) is 50.2 Å². The number of benzene rings is 1.